The van der Waals surface area contributed by atoms with E-state index in [2.05, 4.69) is 38.7 Å². The van der Waals surface area contributed by atoms with Gasteiger partial charge in [0, 0.05) is 13.5 Å². The molecule has 0 aromatic carbocycles. The monoisotopic (exact) mass is 262 g/mol. The first kappa shape index (κ1) is 26.1. The summed E-state index contributed by atoms with van der Waals surface area (Å²) in [7, 11) is 3.19. The Morgan fingerprint density at radius 1 is 1.11 bits per heavy atom. The van der Waals surface area contributed by atoms with E-state index in [1.807, 2.05) is 27.7 Å². The molecule has 0 aromatic rings. The Morgan fingerprint density at radius 2 is 1.44 bits per heavy atom. The second-order valence-electron chi connectivity index (χ2n) is 4.61. The lowest BCUT2D eigenvalue weighted by atomic mass is 9.81. The van der Waals surface area contributed by atoms with E-state index in [1.165, 1.54) is 7.05 Å². The molecular formula is C15H38N2O. The van der Waals surface area contributed by atoms with Crippen LogP contribution in [0.3, 0.4) is 0 Å². The van der Waals surface area contributed by atoms with Crippen LogP contribution in [0.1, 0.15) is 68.2 Å². The number of rotatable bonds is 4. The molecule has 3 N–H and O–H groups in total. The fourth-order valence-electron chi connectivity index (χ4n) is 1.70. The summed E-state index contributed by atoms with van der Waals surface area (Å²) in [4.78, 5) is 11.1. The Bertz CT molecular complexity index is 155. The van der Waals surface area contributed by atoms with Crippen molar-refractivity contribution in [2.45, 2.75) is 68.2 Å². The van der Waals surface area contributed by atoms with Gasteiger partial charge in [0.2, 0.25) is 5.91 Å². The van der Waals surface area contributed by atoms with Crippen molar-refractivity contribution >= 4 is 5.91 Å². The van der Waals surface area contributed by atoms with Gasteiger partial charge in [-0.05, 0) is 24.8 Å². The van der Waals surface area contributed by atoms with E-state index < -0.39 is 0 Å². The van der Waals surface area contributed by atoms with Gasteiger partial charge < -0.3 is 11.1 Å². The van der Waals surface area contributed by atoms with Crippen molar-refractivity contribution < 1.29 is 4.79 Å². The maximum absolute atomic E-state index is 11.1. The molecule has 0 saturated heterocycles. The SMILES string of the molecule is CC.CC.CN.CNC(=O)CC(C)(C)CC(C)C. The van der Waals surface area contributed by atoms with E-state index in [1.54, 1.807) is 7.05 Å². The number of nitrogens with one attached hydrogen (secondary N) is 1. The second kappa shape index (κ2) is 18.8. The Labute approximate surface area is 116 Å². The molecule has 0 heterocycles. The Hall–Kier alpha value is -0.570. The van der Waals surface area contributed by atoms with Crippen molar-refractivity contribution in [2.75, 3.05) is 14.1 Å². The molecule has 18 heavy (non-hydrogen) atoms. The molecule has 0 unspecified atom stereocenters. The summed E-state index contributed by atoms with van der Waals surface area (Å²) < 4.78 is 0. The van der Waals surface area contributed by atoms with Crippen LogP contribution in [0.4, 0.5) is 0 Å². The average molecular weight is 262 g/mol. The van der Waals surface area contributed by atoms with Crippen molar-refractivity contribution in [3.63, 3.8) is 0 Å². The number of hydrogen-bond donors (Lipinski definition) is 2. The van der Waals surface area contributed by atoms with Crippen LogP contribution >= 0.6 is 0 Å². The number of carbonyl (C=O) groups excluding carboxylic acids is 1. The molecule has 0 aliphatic heterocycles. The fraction of sp³-hybridized carbons (Fsp3) is 0.933. The molecule has 1 amide bonds. The van der Waals surface area contributed by atoms with Gasteiger partial charge >= 0.3 is 0 Å². The van der Waals surface area contributed by atoms with E-state index in [0.717, 1.165) is 6.42 Å². The topological polar surface area (TPSA) is 55.1 Å². The van der Waals surface area contributed by atoms with Crippen LogP contribution in [-0.2, 0) is 4.79 Å². The maximum atomic E-state index is 11.1. The molecular weight excluding hydrogens is 224 g/mol. The summed E-state index contributed by atoms with van der Waals surface area (Å²) in [5, 5.41) is 2.66. The number of amides is 1. The minimum absolute atomic E-state index is 0.133. The second-order valence-corrected chi connectivity index (χ2v) is 4.61. The van der Waals surface area contributed by atoms with Crippen molar-refractivity contribution in [3.8, 4) is 0 Å². The van der Waals surface area contributed by atoms with E-state index in [0.29, 0.717) is 12.3 Å². The molecule has 0 bridgehead atoms. The van der Waals surface area contributed by atoms with Crippen LogP contribution in [0.25, 0.3) is 0 Å². The summed E-state index contributed by atoms with van der Waals surface area (Å²) in [6.07, 6.45) is 1.72. The van der Waals surface area contributed by atoms with Gasteiger partial charge in [-0.1, -0.05) is 55.4 Å². The highest BCUT2D eigenvalue weighted by Gasteiger charge is 2.22. The van der Waals surface area contributed by atoms with Gasteiger partial charge in [-0.3, -0.25) is 4.79 Å². The van der Waals surface area contributed by atoms with E-state index in [4.69, 9.17) is 0 Å². The summed E-state index contributed by atoms with van der Waals surface area (Å²) in [6.45, 7) is 16.7. The van der Waals surface area contributed by atoms with Gasteiger partial charge in [0.15, 0.2) is 0 Å². The minimum atomic E-state index is 0.133. The molecule has 0 aromatic heterocycles. The van der Waals surface area contributed by atoms with Gasteiger partial charge in [0.1, 0.15) is 0 Å². The number of carbonyl (C=O) groups is 1. The van der Waals surface area contributed by atoms with Crippen LogP contribution in [-0.4, -0.2) is 20.0 Å². The third-order valence-corrected chi connectivity index (χ3v) is 1.88. The third kappa shape index (κ3) is 24.6. The Balaban J connectivity index is -0.000000141. The zero-order valence-electron chi connectivity index (χ0n) is 14.5. The molecule has 3 nitrogen and oxygen atoms in total. The summed E-state index contributed by atoms with van der Waals surface area (Å²) >= 11 is 0. The van der Waals surface area contributed by atoms with E-state index >= 15 is 0 Å². The highest BCUT2D eigenvalue weighted by Crippen LogP contribution is 2.28. The molecule has 3 heteroatoms. The smallest absolute Gasteiger partial charge is 0.220 e. The largest absolute Gasteiger partial charge is 0.359 e. The van der Waals surface area contributed by atoms with Crippen LogP contribution in [0, 0.1) is 11.3 Å². The van der Waals surface area contributed by atoms with Gasteiger partial charge in [0.05, 0.1) is 0 Å². The fourth-order valence-corrected chi connectivity index (χ4v) is 1.70. The van der Waals surface area contributed by atoms with Crippen LogP contribution in [0.15, 0.2) is 0 Å². The highest BCUT2D eigenvalue weighted by molar-refractivity contribution is 5.76. The predicted octanol–water partition coefficient (Wildman–Crippen LogP) is 3.82. The number of hydrogen-bond acceptors (Lipinski definition) is 2. The molecule has 0 rings (SSSR count). The molecule has 0 fully saturated rings. The zero-order chi connectivity index (χ0) is 15.8. The molecule has 0 aliphatic carbocycles. The first-order chi connectivity index (χ1) is 8.37. The van der Waals surface area contributed by atoms with E-state index in [-0.39, 0.29) is 11.3 Å². The lowest BCUT2D eigenvalue weighted by molar-refractivity contribution is -0.122. The van der Waals surface area contributed by atoms with Gasteiger partial charge in [-0.25, -0.2) is 0 Å². The van der Waals surface area contributed by atoms with Gasteiger partial charge in [-0.2, -0.15) is 0 Å². The van der Waals surface area contributed by atoms with Gasteiger partial charge in [0.25, 0.3) is 0 Å². The van der Waals surface area contributed by atoms with E-state index in [9.17, 15) is 4.79 Å². The minimum Gasteiger partial charge on any atom is -0.359 e. The maximum Gasteiger partial charge on any atom is 0.220 e. The molecule has 0 atom stereocenters. The highest BCUT2D eigenvalue weighted by atomic mass is 16.1. The van der Waals surface area contributed by atoms with Crippen molar-refractivity contribution in [3.05, 3.63) is 0 Å². The quantitative estimate of drug-likeness (QED) is 0.809. The Morgan fingerprint density at radius 3 is 1.67 bits per heavy atom. The van der Waals surface area contributed by atoms with Crippen LogP contribution in [0.5, 0.6) is 0 Å². The number of nitrogens with two attached hydrogens (primary N) is 1. The summed E-state index contributed by atoms with van der Waals surface area (Å²) in [6, 6.07) is 0. The zero-order valence-corrected chi connectivity index (χ0v) is 14.5. The van der Waals surface area contributed by atoms with Crippen molar-refractivity contribution in [1.82, 2.24) is 5.32 Å². The summed E-state index contributed by atoms with van der Waals surface area (Å²) in [5.74, 6) is 0.797. The molecule has 0 aliphatic rings. The Kier molecular flexibility index (Phi) is 27.2. The lowest BCUT2D eigenvalue weighted by Gasteiger charge is -2.25. The average Bonchev–Trinajstić information content (AvgIpc) is 2.34. The van der Waals surface area contributed by atoms with Gasteiger partial charge in [-0.15, -0.1) is 0 Å². The normalized spacial score (nSPS) is 8.89. The first-order valence-corrected chi connectivity index (χ1v) is 7.16. The lowest BCUT2D eigenvalue weighted by Crippen LogP contribution is -2.26. The predicted molar refractivity (Wildman–Crippen MR) is 84.7 cm³/mol. The van der Waals surface area contributed by atoms with Crippen molar-refractivity contribution in [1.29, 1.82) is 0 Å². The first-order valence-electron chi connectivity index (χ1n) is 7.16. The molecule has 0 saturated carbocycles. The molecule has 114 valence electrons. The summed E-state index contributed by atoms with van der Waals surface area (Å²) in [5.41, 5.74) is 4.63. The molecule has 0 radical (unpaired) electrons. The molecule has 0 spiro atoms. The van der Waals surface area contributed by atoms with Crippen molar-refractivity contribution in [2.24, 2.45) is 17.1 Å². The third-order valence-electron chi connectivity index (χ3n) is 1.88. The van der Waals surface area contributed by atoms with Crippen LogP contribution in [0.2, 0.25) is 0 Å². The van der Waals surface area contributed by atoms with Crippen LogP contribution < -0.4 is 11.1 Å². The standard InChI is InChI=1S/C10H21NO.2C2H6.CH5N/c1-8(2)6-10(3,4)7-9(12)11-5;3*1-2/h8H,6-7H2,1-5H3,(H,11,12);2*1-2H3;2H2,1H3.